The summed E-state index contributed by atoms with van der Waals surface area (Å²) in [6.45, 7) is 0.816. The van der Waals surface area contributed by atoms with E-state index in [0.29, 0.717) is 0 Å². The first-order valence-corrected chi connectivity index (χ1v) is 9.71. The zero-order valence-electron chi connectivity index (χ0n) is 18.0. The Labute approximate surface area is 201 Å². The minimum Gasteiger partial charge on any atom is -0.207 e. The second kappa shape index (κ2) is 9.84. The van der Waals surface area contributed by atoms with Crippen LogP contribution in [0.2, 0.25) is 6.32 Å². The molecule has 0 aliphatic carbocycles. The van der Waals surface area contributed by atoms with Crippen molar-refractivity contribution in [2.45, 2.75) is 13.2 Å². The van der Waals surface area contributed by atoms with Gasteiger partial charge >= 0.3 is 0 Å². The van der Waals surface area contributed by atoms with E-state index in [0.717, 1.165) is 6.92 Å². The van der Waals surface area contributed by atoms with Gasteiger partial charge in [0.05, 0.1) is 0 Å². The normalized spacial score (nSPS) is 11.6. The van der Waals surface area contributed by atoms with Crippen LogP contribution in [-0.4, -0.2) is 6.15 Å². The minimum atomic E-state index is -5.59. The van der Waals surface area contributed by atoms with Crippen LogP contribution in [0.3, 0.4) is 0 Å². The molecule has 202 valence electrons. The molecule has 0 unspecified atom stereocenters. The molecule has 0 saturated heterocycles. The third-order valence-corrected chi connectivity index (χ3v) is 5.79. The van der Waals surface area contributed by atoms with Gasteiger partial charge in [0.1, 0.15) is 41.0 Å². The third-order valence-electron chi connectivity index (χ3n) is 5.79. The van der Waals surface area contributed by atoms with Gasteiger partial charge in [0.15, 0.2) is 52.4 Å². The Bertz CT molecular complexity index is 1310. The van der Waals surface area contributed by atoms with Gasteiger partial charge < -0.3 is 0 Å². The minimum absolute atomic E-state index is 0.816. The Morgan fingerprint density at radius 2 is 0.553 bits per heavy atom. The van der Waals surface area contributed by atoms with Gasteiger partial charge in [0, 0.05) is 0 Å². The monoisotopic (exact) mass is 565 g/mol. The number of rotatable bonds is 4. The molecule has 0 fully saturated rings. The van der Waals surface area contributed by atoms with E-state index in [1.807, 2.05) is 5.92 Å². The van der Waals surface area contributed by atoms with E-state index < -0.39 is 116 Å². The Balaban J connectivity index is 2.90. The summed E-state index contributed by atoms with van der Waals surface area (Å²) >= 11 is 0. The molecule has 3 aromatic rings. The van der Waals surface area contributed by atoms with Crippen molar-refractivity contribution in [3.05, 3.63) is 87.3 Å². The molecule has 0 bridgehead atoms. The van der Waals surface area contributed by atoms with E-state index in [2.05, 4.69) is 0 Å². The van der Waals surface area contributed by atoms with Crippen LogP contribution in [0.15, 0.2) is 0 Å². The lowest BCUT2D eigenvalue weighted by Gasteiger charge is -2.42. The van der Waals surface area contributed by atoms with Crippen molar-refractivity contribution in [1.82, 2.24) is 0 Å². The fraction of sp³-hybridized carbons (Fsp3) is 0.0909. The van der Waals surface area contributed by atoms with Crippen LogP contribution >= 0.6 is 0 Å². The standard InChI is InChI=1S/C22H5BF15/c1-2-3-4-23(5-8(24)14(30)20(36)15(31)9(5)25,6-10(26)16(32)21(37)17(33)11(6)27)7-12(28)18(34)22(38)19(35)13(7)29/h4H2,1H3/q-1. The van der Waals surface area contributed by atoms with Crippen LogP contribution in [0.25, 0.3) is 0 Å². The molecule has 0 aliphatic heterocycles. The van der Waals surface area contributed by atoms with Crippen molar-refractivity contribution in [2.24, 2.45) is 0 Å². The van der Waals surface area contributed by atoms with Crippen molar-refractivity contribution < 1.29 is 65.9 Å². The molecule has 0 amide bonds. The molecule has 0 N–H and O–H groups in total. The van der Waals surface area contributed by atoms with E-state index in [9.17, 15) is 39.5 Å². The SMILES string of the molecule is CC#CC[B-](c1c(F)c(F)c(F)c(F)c1F)(c1c(F)c(F)c(F)c(F)c1F)c1c(F)c(F)c(F)c(F)c1F. The second-order valence-electron chi connectivity index (χ2n) is 7.63. The lowest BCUT2D eigenvalue weighted by Crippen LogP contribution is -2.73. The lowest BCUT2D eigenvalue weighted by molar-refractivity contribution is 0.379. The van der Waals surface area contributed by atoms with Crippen LogP contribution in [0.1, 0.15) is 6.92 Å². The summed E-state index contributed by atoms with van der Waals surface area (Å²) in [6.07, 6.45) is -7.57. The first kappa shape index (κ1) is 28.8. The largest absolute Gasteiger partial charge is 0.207 e. The Morgan fingerprint density at radius 1 is 0.368 bits per heavy atom. The van der Waals surface area contributed by atoms with Gasteiger partial charge in [-0.1, -0.05) is 0 Å². The molecular formula is C22H5BF15-. The Hall–Kier alpha value is -3.77. The number of halogens is 15. The van der Waals surface area contributed by atoms with E-state index in [1.54, 1.807) is 5.92 Å². The maximum atomic E-state index is 15.0. The molecule has 3 rings (SSSR count). The summed E-state index contributed by atoms with van der Waals surface area (Å²) in [6, 6.07) is 0. The molecule has 0 atom stereocenters. The fourth-order valence-electron chi connectivity index (χ4n) is 4.16. The highest BCUT2D eigenvalue weighted by molar-refractivity contribution is 7.12. The predicted molar refractivity (Wildman–Crippen MR) is 102 cm³/mol. The average molecular weight is 565 g/mol. The molecule has 16 heteroatoms. The van der Waals surface area contributed by atoms with Crippen LogP contribution in [0.5, 0.6) is 0 Å². The summed E-state index contributed by atoms with van der Waals surface area (Å²) in [5, 5.41) is 0. The van der Waals surface area contributed by atoms with Gasteiger partial charge in [-0.25, -0.2) is 65.9 Å². The van der Waals surface area contributed by atoms with Gasteiger partial charge in [0.25, 0.3) is 0 Å². The van der Waals surface area contributed by atoms with Crippen molar-refractivity contribution in [3.63, 3.8) is 0 Å². The molecule has 0 heterocycles. The summed E-state index contributed by atoms with van der Waals surface area (Å²) in [4.78, 5) is 0. The summed E-state index contributed by atoms with van der Waals surface area (Å²) in [5.74, 6) is -42.0. The van der Waals surface area contributed by atoms with Gasteiger partial charge in [-0.3, -0.25) is 0 Å². The molecule has 3 aromatic carbocycles. The quantitative estimate of drug-likeness (QED) is 0.133. The molecule has 38 heavy (non-hydrogen) atoms. The van der Waals surface area contributed by atoms with Gasteiger partial charge in [-0.15, -0.1) is 34.5 Å². The molecule has 0 radical (unpaired) electrons. The lowest BCUT2D eigenvalue weighted by atomic mass is 9.13. The van der Waals surface area contributed by atoms with Gasteiger partial charge in [0.2, 0.25) is 0 Å². The van der Waals surface area contributed by atoms with Gasteiger partial charge in [-0.05, 0) is 6.92 Å². The topological polar surface area (TPSA) is 0 Å². The molecule has 0 aliphatic rings. The zero-order chi connectivity index (χ0) is 29.0. The highest BCUT2D eigenvalue weighted by Crippen LogP contribution is 2.29. The smallest absolute Gasteiger partial charge is 0.200 e. The average Bonchev–Trinajstić information content (AvgIpc) is 2.89. The predicted octanol–water partition coefficient (Wildman–Crippen LogP) is 5.27. The fourth-order valence-corrected chi connectivity index (χ4v) is 4.16. The van der Waals surface area contributed by atoms with E-state index in [-0.39, 0.29) is 0 Å². The second-order valence-corrected chi connectivity index (χ2v) is 7.63. The van der Waals surface area contributed by atoms with Crippen molar-refractivity contribution >= 4 is 22.5 Å². The molecular weight excluding hydrogens is 560 g/mol. The first-order valence-electron chi connectivity index (χ1n) is 9.71. The van der Waals surface area contributed by atoms with Crippen molar-refractivity contribution in [3.8, 4) is 11.8 Å². The summed E-state index contributed by atoms with van der Waals surface area (Å²) in [5.41, 5.74) is -8.01. The van der Waals surface area contributed by atoms with Crippen LogP contribution < -0.4 is 16.4 Å². The first-order chi connectivity index (χ1) is 17.6. The number of benzene rings is 3. The Morgan fingerprint density at radius 3 is 0.737 bits per heavy atom. The van der Waals surface area contributed by atoms with Crippen LogP contribution in [0.4, 0.5) is 65.9 Å². The molecule has 0 saturated carbocycles. The van der Waals surface area contributed by atoms with Crippen molar-refractivity contribution in [2.75, 3.05) is 0 Å². The van der Waals surface area contributed by atoms with Crippen LogP contribution in [0, 0.1) is 99.1 Å². The number of hydrogen-bond donors (Lipinski definition) is 0. The van der Waals surface area contributed by atoms with Gasteiger partial charge in [-0.2, -0.15) is 0 Å². The van der Waals surface area contributed by atoms with E-state index in [4.69, 9.17) is 0 Å². The zero-order valence-corrected chi connectivity index (χ0v) is 18.0. The Kier molecular flexibility index (Phi) is 7.46. The van der Waals surface area contributed by atoms with E-state index >= 15 is 26.3 Å². The number of hydrogen-bond acceptors (Lipinski definition) is 0. The highest BCUT2D eigenvalue weighted by atomic mass is 19.2. The maximum Gasteiger partial charge on any atom is 0.200 e. The van der Waals surface area contributed by atoms with Crippen molar-refractivity contribution in [1.29, 1.82) is 0 Å². The molecule has 0 spiro atoms. The highest BCUT2D eigenvalue weighted by Gasteiger charge is 2.47. The maximum absolute atomic E-state index is 15.0. The van der Waals surface area contributed by atoms with E-state index in [1.165, 1.54) is 0 Å². The molecule has 0 nitrogen and oxygen atoms in total. The summed E-state index contributed by atoms with van der Waals surface area (Å²) < 4.78 is 216. The molecule has 0 aromatic heterocycles. The van der Waals surface area contributed by atoms with Crippen LogP contribution in [-0.2, 0) is 0 Å². The summed E-state index contributed by atoms with van der Waals surface area (Å²) in [7, 11) is 0. The third kappa shape index (κ3) is 3.78.